The van der Waals surface area contributed by atoms with Gasteiger partial charge in [-0.05, 0) is 48.2 Å². The number of methoxy groups -OCH3 is 1. The summed E-state index contributed by atoms with van der Waals surface area (Å²) in [6, 6.07) is 13.4. The van der Waals surface area contributed by atoms with E-state index in [1.165, 1.54) is 5.56 Å². The summed E-state index contributed by atoms with van der Waals surface area (Å²) in [5.41, 5.74) is 3.62. The van der Waals surface area contributed by atoms with Gasteiger partial charge >= 0.3 is 0 Å². The third-order valence-electron chi connectivity index (χ3n) is 3.44. The number of hydrogen-bond acceptors (Lipinski definition) is 2. The van der Waals surface area contributed by atoms with Crippen LogP contribution < -0.4 is 10.1 Å². The Morgan fingerprint density at radius 2 is 1.76 bits per heavy atom. The van der Waals surface area contributed by atoms with Gasteiger partial charge in [0.15, 0.2) is 0 Å². The first-order chi connectivity index (χ1) is 10.0. The van der Waals surface area contributed by atoms with Gasteiger partial charge in [0.05, 0.1) is 12.8 Å². The maximum Gasteiger partial charge on any atom is 0.255 e. The van der Waals surface area contributed by atoms with Crippen LogP contribution in [0.25, 0.3) is 0 Å². The molecule has 0 aromatic heterocycles. The topological polar surface area (TPSA) is 38.3 Å². The van der Waals surface area contributed by atoms with E-state index in [1.807, 2.05) is 49.4 Å². The van der Waals surface area contributed by atoms with Gasteiger partial charge in [-0.25, -0.2) is 0 Å². The number of benzene rings is 2. The van der Waals surface area contributed by atoms with Crippen molar-refractivity contribution >= 4 is 11.6 Å². The molecule has 0 bridgehead atoms. The van der Waals surface area contributed by atoms with E-state index in [9.17, 15) is 4.79 Å². The smallest absolute Gasteiger partial charge is 0.255 e. The molecule has 0 spiro atoms. The Bertz CT molecular complexity index is 630. The highest BCUT2D eigenvalue weighted by molar-refractivity contribution is 6.05. The molecule has 21 heavy (non-hydrogen) atoms. The van der Waals surface area contributed by atoms with Crippen LogP contribution >= 0.6 is 0 Å². The van der Waals surface area contributed by atoms with Crippen LogP contribution in [0.5, 0.6) is 5.75 Å². The summed E-state index contributed by atoms with van der Waals surface area (Å²) >= 11 is 0. The lowest BCUT2D eigenvalue weighted by Gasteiger charge is -2.11. The third-order valence-corrected chi connectivity index (χ3v) is 3.44. The Morgan fingerprint density at radius 3 is 2.33 bits per heavy atom. The lowest BCUT2D eigenvalue weighted by molar-refractivity contribution is 0.102. The molecule has 0 heterocycles. The van der Waals surface area contributed by atoms with Crippen LogP contribution in [0.2, 0.25) is 0 Å². The van der Waals surface area contributed by atoms with Crippen molar-refractivity contribution in [2.75, 3.05) is 12.4 Å². The van der Waals surface area contributed by atoms with E-state index >= 15 is 0 Å². The molecule has 0 fully saturated rings. The molecule has 0 saturated heterocycles. The fraction of sp³-hybridized carbons (Fsp3) is 0.278. The van der Waals surface area contributed by atoms with Crippen LogP contribution in [0.3, 0.4) is 0 Å². The standard InChI is InChI=1S/C18H21NO2/c1-12(2)14-6-8-15(9-7-14)18(20)19-16-11-13(3)5-10-17(16)21-4/h5-12H,1-4H3,(H,19,20). The second-order valence-corrected chi connectivity index (χ2v) is 5.43. The molecule has 1 amide bonds. The minimum Gasteiger partial charge on any atom is -0.495 e. The van der Waals surface area contributed by atoms with Crippen LogP contribution in [0, 0.1) is 6.92 Å². The second kappa shape index (κ2) is 6.44. The SMILES string of the molecule is COc1ccc(C)cc1NC(=O)c1ccc(C(C)C)cc1. The van der Waals surface area contributed by atoms with Crippen molar-refractivity contribution in [2.45, 2.75) is 26.7 Å². The Kier molecular flexibility index (Phi) is 4.63. The van der Waals surface area contributed by atoms with Crippen molar-refractivity contribution in [3.8, 4) is 5.75 Å². The summed E-state index contributed by atoms with van der Waals surface area (Å²) < 4.78 is 5.27. The van der Waals surface area contributed by atoms with Gasteiger partial charge in [-0.3, -0.25) is 4.79 Å². The van der Waals surface area contributed by atoms with Crippen molar-refractivity contribution < 1.29 is 9.53 Å². The average molecular weight is 283 g/mol. The summed E-state index contributed by atoms with van der Waals surface area (Å²) in [5.74, 6) is 0.987. The molecule has 0 saturated carbocycles. The summed E-state index contributed by atoms with van der Waals surface area (Å²) in [4.78, 5) is 12.3. The monoisotopic (exact) mass is 283 g/mol. The van der Waals surface area contributed by atoms with E-state index in [0.29, 0.717) is 22.9 Å². The van der Waals surface area contributed by atoms with Gasteiger partial charge in [0, 0.05) is 5.56 Å². The lowest BCUT2D eigenvalue weighted by Crippen LogP contribution is -2.12. The van der Waals surface area contributed by atoms with Gasteiger partial charge in [0.25, 0.3) is 5.91 Å². The van der Waals surface area contributed by atoms with Crippen LogP contribution in [-0.2, 0) is 0 Å². The highest BCUT2D eigenvalue weighted by atomic mass is 16.5. The van der Waals surface area contributed by atoms with E-state index in [0.717, 1.165) is 5.56 Å². The number of ether oxygens (including phenoxy) is 1. The van der Waals surface area contributed by atoms with Gasteiger partial charge in [-0.15, -0.1) is 0 Å². The molecule has 0 unspecified atom stereocenters. The molecule has 3 heteroatoms. The van der Waals surface area contributed by atoms with E-state index in [-0.39, 0.29) is 5.91 Å². The normalized spacial score (nSPS) is 10.5. The molecular formula is C18H21NO2. The Balaban J connectivity index is 2.19. The number of aryl methyl sites for hydroxylation is 1. The molecule has 0 aliphatic heterocycles. The summed E-state index contributed by atoms with van der Waals surface area (Å²) in [6.07, 6.45) is 0. The Labute approximate surface area is 126 Å². The highest BCUT2D eigenvalue weighted by Gasteiger charge is 2.10. The van der Waals surface area contributed by atoms with Crippen molar-refractivity contribution in [1.82, 2.24) is 0 Å². The molecule has 3 nitrogen and oxygen atoms in total. The van der Waals surface area contributed by atoms with Crippen LogP contribution in [0.15, 0.2) is 42.5 Å². The second-order valence-electron chi connectivity index (χ2n) is 5.43. The number of hydrogen-bond donors (Lipinski definition) is 1. The minimum atomic E-state index is -0.130. The number of rotatable bonds is 4. The zero-order valence-electron chi connectivity index (χ0n) is 12.9. The predicted octanol–water partition coefficient (Wildman–Crippen LogP) is 4.38. The Morgan fingerprint density at radius 1 is 1.10 bits per heavy atom. The van der Waals surface area contributed by atoms with Crippen LogP contribution in [0.4, 0.5) is 5.69 Å². The first-order valence-corrected chi connectivity index (χ1v) is 7.07. The van der Waals surface area contributed by atoms with Gasteiger partial charge in [-0.1, -0.05) is 32.0 Å². The predicted molar refractivity (Wildman–Crippen MR) is 86.2 cm³/mol. The van der Waals surface area contributed by atoms with Gasteiger partial charge in [0.2, 0.25) is 0 Å². The maximum absolute atomic E-state index is 12.3. The quantitative estimate of drug-likeness (QED) is 0.904. The summed E-state index contributed by atoms with van der Waals surface area (Å²) in [6.45, 7) is 6.24. The number of anilines is 1. The van der Waals surface area contributed by atoms with Crippen LogP contribution in [-0.4, -0.2) is 13.0 Å². The van der Waals surface area contributed by atoms with Gasteiger partial charge in [0.1, 0.15) is 5.75 Å². The largest absolute Gasteiger partial charge is 0.495 e. The fourth-order valence-corrected chi connectivity index (χ4v) is 2.13. The number of carbonyl (C=O) groups is 1. The minimum absolute atomic E-state index is 0.130. The molecule has 2 aromatic rings. The molecule has 2 rings (SSSR count). The number of nitrogens with one attached hydrogen (secondary N) is 1. The Hall–Kier alpha value is -2.29. The molecule has 110 valence electrons. The van der Waals surface area contributed by atoms with Gasteiger partial charge in [-0.2, -0.15) is 0 Å². The molecule has 0 aliphatic rings. The third kappa shape index (κ3) is 3.63. The first kappa shape index (κ1) is 15.1. The van der Waals surface area contributed by atoms with Gasteiger partial charge < -0.3 is 10.1 Å². The summed E-state index contributed by atoms with van der Waals surface area (Å²) in [5, 5.41) is 2.90. The molecule has 0 atom stereocenters. The first-order valence-electron chi connectivity index (χ1n) is 7.07. The maximum atomic E-state index is 12.3. The van der Waals surface area contributed by atoms with Crippen molar-refractivity contribution in [3.63, 3.8) is 0 Å². The van der Waals surface area contributed by atoms with Crippen molar-refractivity contribution in [2.24, 2.45) is 0 Å². The average Bonchev–Trinajstić information content (AvgIpc) is 2.47. The van der Waals surface area contributed by atoms with E-state index < -0.39 is 0 Å². The molecule has 2 aromatic carbocycles. The number of amides is 1. The highest BCUT2D eigenvalue weighted by Crippen LogP contribution is 2.26. The summed E-state index contributed by atoms with van der Waals surface area (Å²) in [7, 11) is 1.59. The van der Waals surface area contributed by atoms with E-state index in [4.69, 9.17) is 4.74 Å². The molecule has 0 radical (unpaired) electrons. The number of carbonyl (C=O) groups excluding carboxylic acids is 1. The van der Waals surface area contributed by atoms with Crippen molar-refractivity contribution in [3.05, 3.63) is 59.2 Å². The zero-order chi connectivity index (χ0) is 15.4. The molecule has 0 aliphatic carbocycles. The molecular weight excluding hydrogens is 262 g/mol. The van der Waals surface area contributed by atoms with E-state index in [2.05, 4.69) is 19.2 Å². The van der Waals surface area contributed by atoms with E-state index in [1.54, 1.807) is 7.11 Å². The zero-order valence-corrected chi connectivity index (χ0v) is 12.9. The fourth-order valence-electron chi connectivity index (χ4n) is 2.13. The van der Waals surface area contributed by atoms with Crippen molar-refractivity contribution in [1.29, 1.82) is 0 Å². The lowest BCUT2D eigenvalue weighted by atomic mass is 10.0. The van der Waals surface area contributed by atoms with Crippen LogP contribution in [0.1, 0.15) is 41.3 Å². The molecule has 1 N–H and O–H groups in total.